The van der Waals surface area contributed by atoms with Gasteiger partial charge >= 0.3 is 0 Å². The predicted octanol–water partition coefficient (Wildman–Crippen LogP) is 2.95. The van der Waals surface area contributed by atoms with Crippen LogP contribution in [-0.2, 0) is 22.1 Å². The van der Waals surface area contributed by atoms with E-state index in [0.717, 1.165) is 16.7 Å². The number of hydrogen-bond donors (Lipinski definition) is 1. The number of nitrogens with one attached hydrogen (secondary N) is 1. The molecule has 0 bridgehead atoms. The first-order valence-electron chi connectivity index (χ1n) is 7.36. The van der Waals surface area contributed by atoms with E-state index in [-0.39, 0.29) is 11.8 Å². The summed E-state index contributed by atoms with van der Waals surface area (Å²) in [4.78, 5) is 0. The molecule has 4 nitrogen and oxygen atoms in total. The van der Waals surface area contributed by atoms with Crippen molar-refractivity contribution in [3.05, 3.63) is 70.8 Å². The van der Waals surface area contributed by atoms with Gasteiger partial charge in [-0.05, 0) is 35.7 Å². The van der Waals surface area contributed by atoms with E-state index in [2.05, 4.69) is 18.3 Å². The van der Waals surface area contributed by atoms with Crippen LogP contribution in [0.3, 0.4) is 0 Å². The molecule has 1 N–H and O–H groups in total. The number of nitrogens with zero attached hydrogens (tertiary/aromatic N) is 1. The number of hydrogen-bond acceptors (Lipinski definition) is 4. The highest BCUT2D eigenvalue weighted by atomic mass is 32.2. The zero-order valence-corrected chi connectivity index (χ0v) is 14.1. The zero-order chi connectivity index (χ0) is 16.9. The van der Waals surface area contributed by atoms with Crippen molar-refractivity contribution in [2.75, 3.05) is 6.26 Å². The Hall–Kier alpha value is -2.16. The maximum absolute atomic E-state index is 11.3. The fraction of sp³-hybridized carbons (Fsp3) is 0.278. The highest BCUT2D eigenvalue weighted by Gasteiger charge is 2.07. The molecule has 2 rings (SSSR count). The molecule has 0 heterocycles. The van der Waals surface area contributed by atoms with Crippen molar-refractivity contribution in [1.82, 2.24) is 5.32 Å². The van der Waals surface area contributed by atoms with Crippen LogP contribution < -0.4 is 5.32 Å². The van der Waals surface area contributed by atoms with Crippen LogP contribution >= 0.6 is 0 Å². The van der Waals surface area contributed by atoms with Crippen molar-refractivity contribution in [2.45, 2.75) is 25.3 Å². The number of nitriles is 1. The molecular formula is C18H20N2O2S. The lowest BCUT2D eigenvalue weighted by molar-refractivity contribution is 0.574. The lowest BCUT2D eigenvalue weighted by Gasteiger charge is -2.14. The Bertz CT molecular complexity index is 806. The van der Waals surface area contributed by atoms with Gasteiger partial charge in [0.25, 0.3) is 0 Å². The van der Waals surface area contributed by atoms with E-state index < -0.39 is 9.84 Å². The van der Waals surface area contributed by atoms with Crippen LogP contribution in [0.5, 0.6) is 0 Å². The third kappa shape index (κ3) is 5.51. The number of benzene rings is 2. The van der Waals surface area contributed by atoms with Crippen molar-refractivity contribution in [2.24, 2.45) is 0 Å². The minimum atomic E-state index is -3.00. The van der Waals surface area contributed by atoms with E-state index in [1.165, 1.54) is 6.26 Å². The van der Waals surface area contributed by atoms with Crippen LogP contribution in [0.4, 0.5) is 0 Å². The van der Waals surface area contributed by atoms with Crippen molar-refractivity contribution < 1.29 is 8.42 Å². The normalized spacial score (nSPS) is 12.6. The van der Waals surface area contributed by atoms with E-state index in [4.69, 9.17) is 5.26 Å². The van der Waals surface area contributed by atoms with Gasteiger partial charge in [0.15, 0.2) is 9.84 Å². The van der Waals surface area contributed by atoms with E-state index in [0.29, 0.717) is 12.1 Å². The average Bonchev–Trinajstić information content (AvgIpc) is 2.52. The maximum atomic E-state index is 11.3. The SMILES string of the molecule is CC(NCc1ccc(CS(C)(=O)=O)cc1)c1cccc(C#N)c1. The molecular weight excluding hydrogens is 308 g/mol. The molecule has 2 aromatic rings. The average molecular weight is 328 g/mol. The monoisotopic (exact) mass is 328 g/mol. The van der Waals surface area contributed by atoms with Crippen LogP contribution in [0.15, 0.2) is 48.5 Å². The predicted molar refractivity (Wildman–Crippen MR) is 91.4 cm³/mol. The summed E-state index contributed by atoms with van der Waals surface area (Å²) in [6.45, 7) is 2.73. The summed E-state index contributed by atoms with van der Waals surface area (Å²) in [6, 6.07) is 17.4. The van der Waals surface area contributed by atoms with Gasteiger partial charge in [-0.15, -0.1) is 0 Å². The molecule has 23 heavy (non-hydrogen) atoms. The molecule has 0 saturated carbocycles. The van der Waals surface area contributed by atoms with Crippen LogP contribution in [0.25, 0.3) is 0 Å². The Balaban J connectivity index is 1.96. The summed E-state index contributed by atoms with van der Waals surface area (Å²) in [5.41, 5.74) is 3.61. The molecule has 1 unspecified atom stereocenters. The quantitative estimate of drug-likeness (QED) is 0.885. The lowest BCUT2D eigenvalue weighted by Crippen LogP contribution is -2.18. The zero-order valence-electron chi connectivity index (χ0n) is 13.3. The molecule has 0 aliphatic carbocycles. The second-order valence-electron chi connectivity index (χ2n) is 5.73. The molecule has 0 aromatic heterocycles. The molecule has 0 aliphatic rings. The van der Waals surface area contributed by atoms with Crippen molar-refractivity contribution in [3.8, 4) is 6.07 Å². The molecule has 5 heteroatoms. The maximum Gasteiger partial charge on any atom is 0.151 e. The molecule has 0 spiro atoms. The first kappa shape index (κ1) is 17.2. The largest absolute Gasteiger partial charge is 0.306 e. The van der Waals surface area contributed by atoms with Gasteiger partial charge in [-0.3, -0.25) is 0 Å². The molecule has 0 amide bonds. The van der Waals surface area contributed by atoms with Gasteiger partial charge in [0.05, 0.1) is 17.4 Å². The van der Waals surface area contributed by atoms with Crippen LogP contribution in [0.1, 0.15) is 35.2 Å². The van der Waals surface area contributed by atoms with Gasteiger partial charge in [0.1, 0.15) is 0 Å². The topological polar surface area (TPSA) is 70.0 Å². The minimum absolute atomic E-state index is 0.0675. The van der Waals surface area contributed by atoms with Crippen molar-refractivity contribution in [3.63, 3.8) is 0 Å². The Morgan fingerprint density at radius 1 is 1.13 bits per heavy atom. The second-order valence-corrected chi connectivity index (χ2v) is 7.87. The van der Waals surface area contributed by atoms with Gasteiger partial charge in [-0.2, -0.15) is 5.26 Å². The highest BCUT2D eigenvalue weighted by Crippen LogP contribution is 2.15. The first-order valence-corrected chi connectivity index (χ1v) is 9.42. The molecule has 2 aromatic carbocycles. The Kier molecular flexibility index (Phi) is 5.54. The Labute approximate surface area is 137 Å². The van der Waals surface area contributed by atoms with Gasteiger partial charge in [0, 0.05) is 18.8 Å². The van der Waals surface area contributed by atoms with Crippen molar-refractivity contribution >= 4 is 9.84 Å². The summed E-state index contributed by atoms with van der Waals surface area (Å²) in [7, 11) is -3.00. The molecule has 0 saturated heterocycles. The second kappa shape index (κ2) is 7.40. The highest BCUT2D eigenvalue weighted by molar-refractivity contribution is 7.89. The number of sulfone groups is 1. The smallest absolute Gasteiger partial charge is 0.151 e. The molecule has 0 radical (unpaired) electrons. The van der Waals surface area contributed by atoms with E-state index in [1.54, 1.807) is 6.07 Å². The van der Waals surface area contributed by atoms with Gasteiger partial charge in [-0.1, -0.05) is 36.4 Å². The summed E-state index contributed by atoms with van der Waals surface area (Å²) in [5.74, 6) is 0.0675. The van der Waals surface area contributed by atoms with Crippen LogP contribution in [-0.4, -0.2) is 14.7 Å². The van der Waals surface area contributed by atoms with Gasteiger partial charge < -0.3 is 5.32 Å². The Morgan fingerprint density at radius 2 is 1.78 bits per heavy atom. The molecule has 0 fully saturated rings. The Morgan fingerprint density at radius 3 is 2.39 bits per heavy atom. The summed E-state index contributed by atoms with van der Waals surface area (Å²) in [6.07, 6.45) is 1.24. The fourth-order valence-corrected chi connectivity index (χ4v) is 3.12. The minimum Gasteiger partial charge on any atom is -0.306 e. The first-order chi connectivity index (χ1) is 10.9. The molecule has 1 atom stereocenters. The van der Waals surface area contributed by atoms with E-state index in [9.17, 15) is 8.42 Å². The summed E-state index contributed by atoms with van der Waals surface area (Å²) < 4.78 is 22.5. The van der Waals surface area contributed by atoms with E-state index >= 15 is 0 Å². The third-order valence-corrected chi connectivity index (χ3v) is 4.44. The molecule has 0 aliphatic heterocycles. The standard InChI is InChI=1S/C18H20N2O2S/c1-14(18-5-3-4-17(10-18)11-19)20-12-15-6-8-16(9-7-15)13-23(2,21)22/h3-10,14,20H,12-13H2,1-2H3. The lowest BCUT2D eigenvalue weighted by atomic mass is 10.1. The van der Waals surface area contributed by atoms with E-state index in [1.807, 2.05) is 42.5 Å². The summed E-state index contributed by atoms with van der Waals surface area (Å²) >= 11 is 0. The van der Waals surface area contributed by atoms with Crippen molar-refractivity contribution in [1.29, 1.82) is 5.26 Å². The van der Waals surface area contributed by atoms with Crippen LogP contribution in [0, 0.1) is 11.3 Å². The summed E-state index contributed by atoms with van der Waals surface area (Å²) in [5, 5.41) is 12.4. The van der Waals surface area contributed by atoms with Gasteiger partial charge in [-0.25, -0.2) is 8.42 Å². The third-order valence-electron chi connectivity index (χ3n) is 3.58. The number of rotatable bonds is 6. The molecule has 120 valence electrons. The fourth-order valence-electron chi connectivity index (χ4n) is 2.32. The van der Waals surface area contributed by atoms with Crippen LogP contribution in [0.2, 0.25) is 0 Å². The van der Waals surface area contributed by atoms with Gasteiger partial charge in [0.2, 0.25) is 0 Å².